The fraction of sp³-hybridized carbons (Fsp3) is 0.208. The second kappa shape index (κ2) is 8.21. The van der Waals surface area contributed by atoms with Crippen LogP contribution in [0.15, 0.2) is 65.6 Å². The van der Waals surface area contributed by atoms with E-state index in [9.17, 15) is 0 Å². The third-order valence-electron chi connectivity index (χ3n) is 4.95. The van der Waals surface area contributed by atoms with Crippen molar-refractivity contribution in [1.82, 2.24) is 9.55 Å². The normalized spacial score (nSPS) is 11.0. The summed E-state index contributed by atoms with van der Waals surface area (Å²) in [5, 5.41) is 0. The number of methoxy groups -OCH3 is 1. The van der Waals surface area contributed by atoms with Crippen molar-refractivity contribution in [3.05, 3.63) is 66.5 Å². The molecule has 4 rings (SSSR count). The first-order chi connectivity index (χ1) is 14.1. The number of rotatable bonds is 6. The Morgan fingerprint density at radius 2 is 1.79 bits per heavy atom. The lowest BCUT2D eigenvalue weighted by molar-refractivity contribution is 0.336. The lowest BCUT2D eigenvalue weighted by atomic mass is 10.0. The highest BCUT2D eigenvalue weighted by Crippen LogP contribution is 2.35. The maximum absolute atomic E-state index is 5.64. The van der Waals surface area contributed by atoms with E-state index in [0.717, 1.165) is 45.2 Å². The van der Waals surface area contributed by atoms with Crippen molar-refractivity contribution in [3.8, 4) is 28.3 Å². The summed E-state index contributed by atoms with van der Waals surface area (Å²) in [6, 6.07) is 20.9. The molecule has 0 atom stereocenters. The minimum Gasteiger partial charge on any atom is -0.496 e. The Balaban J connectivity index is 1.84. The van der Waals surface area contributed by atoms with E-state index in [4.69, 9.17) is 14.5 Å². The molecule has 0 unspecified atom stereocenters. The summed E-state index contributed by atoms with van der Waals surface area (Å²) in [6.45, 7) is 4.64. The molecule has 0 radical (unpaired) electrons. The van der Waals surface area contributed by atoms with Crippen molar-refractivity contribution in [2.45, 2.75) is 18.7 Å². The number of benzene rings is 3. The van der Waals surface area contributed by atoms with Gasteiger partial charge in [-0.2, -0.15) is 0 Å². The van der Waals surface area contributed by atoms with Gasteiger partial charge in [0, 0.05) is 22.2 Å². The van der Waals surface area contributed by atoms with E-state index in [1.807, 2.05) is 32.0 Å². The molecule has 0 saturated carbocycles. The van der Waals surface area contributed by atoms with Crippen molar-refractivity contribution in [2.24, 2.45) is 0 Å². The number of imidazole rings is 1. The fourth-order valence-corrected chi connectivity index (χ4v) is 4.00. The standard InChI is InChI=1S/C24H24N2O2S/c1-5-28-19-9-12-21(24(15-19)27-3)17-6-13-22-23(14-17)26(16(2)25-22)18-7-10-20(29-4)11-8-18/h6-15H,5H2,1-4H3. The van der Waals surface area contributed by atoms with Gasteiger partial charge in [0.2, 0.25) is 0 Å². The number of hydrogen-bond acceptors (Lipinski definition) is 4. The van der Waals surface area contributed by atoms with E-state index in [-0.39, 0.29) is 0 Å². The van der Waals surface area contributed by atoms with E-state index in [1.54, 1.807) is 18.9 Å². The first-order valence-electron chi connectivity index (χ1n) is 9.59. The highest BCUT2D eigenvalue weighted by Gasteiger charge is 2.13. The van der Waals surface area contributed by atoms with Crippen LogP contribution in [0, 0.1) is 6.92 Å². The number of ether oxygens (including phenoxy) is 2. The van der Waals surface area contributed by atoms with Crippen molar-refractivity contribution in [2.75, 3.05) is 20.0 Å². The van der Waals surface area contributed by atoms with Crippen LogP contribution in [0.1, 0.15) is 12.7 Å². The summed E-state index contributed by atoms with van der Waals surface area (Å²) in [5.74, 6) is 2.57. The van der Waals surface area contributed by atoms with Crippen LogP contribution in [0.4, 0.5) is 0 Å². The fourth-order valence-electron chi connectivity index (χ4n) is 3.59. The van der Waals surface area contributed by atoms with Crippen LogP contribution in [0.25, 0.3) is 27.8 Å². The second-order valence-electron chi connectivity index (χ2n) is 6.69. The van der Waals surface area contributed by atoms with Gasteiger partial charge in [0.1, 0.15) is 17.3 Å². The predicted octanol–water partition coefficient (Wildman–Crippen LogP) is 6.13. The molecule has 0 aliphatic rings. The molecule has 4 nitrogen and oxygen atoms in total. The number of aromatic nitrogens is 2. The Hall–Kier alpha value is -2.92. The van der Waals surface area contributed by atoms with Crippen molar-refractivity contribution < 1.29 is 9.47 Å². The van der Waals surface area contributed by atoms with Crippen molar-refractivity contribution in [3.63, 3.8) is 0 Å². The molecule has 0 spiro atoms. The van der Waals surface area contributed by atoms with E-state index in [0.29, 0.717) is 6.61 Å². The van der Waals surface area contributed by atoms with Gasteiger partial charge in [0.15, 0.2) is 0 Å². The van der Waals surface area contributed by atoms with Crippen LogP contribution in [-0.2, 0) is 0 Å². The molecule has 4 aromatic rings. The zero-order chi connectivity index (χ0) is 20.4. The molecule has 1 heterocycles. The topological polar surface area (TPSA) is 36.3 Å². The second-order valence-corrected chi connectivity index (χ2v) is 7.57. The van der Waals surface area contributed by atoms with Crippen LogP contribution in [0.2, 0.25) is 0 Å². The number of fused-ring (bicyclic) bond motifs is 1. The molecule has 0 bridgehead atoms. The summed E-state index contributed by atoms with van der Waals surface area (Å²) in [6.07, 6.45) is 2.09. The Labute approximate surface area is 175 Å². The summed E-state index contributed by atoms with van der Waals surface area (Å²) in [4.78, 5) is 6.00. The largest absolute Gasteiger partial charge is 0.496 e. The maximum Gasteiger partial charge on any atom is 0.130 e. The number of aryl methyl sites for hydroxylation is 1. The molecule has 0 N–H and O–H groups in total. The minimum atomic E-state index is 0.627. The molecule has 148 valence electrons. The summed E-state index contributed by atoms with van der Waals surface area (Å²) >= 11 is 1.74. The summed E-state index contributed by atoms with van der Waals surface area (Å²) in [5.41, 5.74) is 5.27. The van der Waals surface area contributed by atoms with Gasteiger partial charge in [0.25, 0.3) is 0 Å². The number of hydrogen-bond donors (Lipinski definition) is 0. The van der Waals surface area contributed by atoms with E-state index in [2.05, 4.69) is 53.3 Å². The molecule has 0 amide bonds. The van der Waals surface area contributed by atoms with E-state index >= 15 is 0 Å². The molecule has 0 aliphatic carbocycles. The van der Waals surface area contributed by atoms with Gasteiger partial charge in [-0.15, -0.1) is 11.8 Å². The molecule has 29 heavy (non-hydrogen) atoms. The average molecular weight is 405 g/mol. The first kappa shape index (κ1) is 19.4. The Morgan fingerprint density at radius 1 is 1.00 bits per heavy atom. The van der Waals surface area contributed by atoms with Gasteiger partial charge in [-0.05, 0) is 74.2 Å². The monoisotopic (exact) mass is 404 g/mol. The molecule has 3 aromatic carbocycles. The van der Waals surface area contributed by atoms with Gasteiger partial charge < -0.3 is 9.47 Å². The molecular weight excluding hydrogens is 380 g/mol. The summed E-state index contributed by atoms with van der Waals surface area (Å²) in [7, 11) is 1.69. The first-order valence-corrected chi connectivity index (χ1v) is 10.8. The third kappa shape index (κ3) is 3.70. The number of thioether (sulfide) groups is 1. The summed E-state index contributed by atoms with van der Waals surface area (Å²) < 4.78 is 13.5. The SMILES string of the molecule is CCOc1ccc(-c2ccc3nc(C)n(-c4ccc(SC)cc4)c3c2)c(OC)c1. The van der Waals surface area contributed by atoms with E-state index < -0.39 is 0 Å². The van der Waals surface area contributed by atoms with Crippen LogP contribution < -0.4 is 9.47 Å². The van der Waals surface area contributed by atoms with Gasteiger partial charge in [-0.1, -0.05) is 6.07 Å². The van der Waals surface area contributed by atoms with Crippen molar-refractivity contribution in [1.29, 1.82) is 0 Å². The molecular formula is C24H24N2O2S. The predicted molar refractivity (Wildman–Crippen MR) is 121 cm³/mol. The highest BCUT2D eigenvalue weighted by atomic mass is 32.2. The van der Waals surface area contributed by atoms with Gasteiger partial charge in [-0.25, -0.2) is 4.98 Å². The van der Waals surface area contributed by atoms with Gasteiger partial charge in [0.05, 0.1) is 24.8 Å². The molecule has 0 aliphatic heterocycles. The van der Waals surface area contributed by atoms with Crippen LogP contribution >= 0.6 is 11.8 Å². The van der Waals surface area contributed by atoms with Crippen LogP contribution in [0.3, 0.4) is 0 Å². The lowest BCUT2D eigenvalue weighted by Gasteiger charge is -2.12. The molecule has 5 heteroatoms. The Morgan fingerprint density at radius 3 is 2.48 bits per heavy atom. The Kier molecular flexibility index (Phi) is 5.49. The smallest absolute Gasteiger partial charge is 0.130 e. The molecule has 1 aromatic heterocycles. The lowest BCUT2D eigenvalue weighted by Crippen LogP contribution is -1.97. The Bertz CT molecular complexity index is 1150. The van der Waals surface area contributed by atoms with E-state index in [1.165, 1.54) is 4.90 Å². The van der Waals surface area contributed by atoms with Crippen molar-refractivity contribution >= 4 is 22.8 Å². The van der Waals surface area contributed by atoms with Gasteiger partial charge in [-0.3, -0.25) is 4.57 Å². The zero-order valence-electron chi connectivity index (χ0n) is 17.1. The molecule has 0 fully saturated rings. The minimum absolute atomic E-state index is 0.627. The molecule has 0 saturated heterocycles. The van der Waals surface area contributed by atoms with Crippen LogP contribution in [-0.4, -0.2) is 29.5 Å². The average Bonchev–Trinajstić information content (AvgIpc) is 3.08. The van der Waals surface area contributed by atoms with Gasteiger partial charge >= 0.3 is 0 Å². The quantitative estimate of drug-likeness (QED) is 0.362. The highest BCUT2D eigenvalue weighted by molar-refractivity contribution is 7.98. The third-order valence-corrected chi connectivity index (χ3v) is 5.69. The number of nitrogens with zero attached hydrogens (tertiary/aromatic N) is 2. The maximum atomic E-state index is 5.64. The van der Waals surface area contributed by atoms with Crippen LogP contribution in [0.5, 0.6) is 11.5 Å². The zero-order valence-corrected chi connectivity index (χ0v) is 17.9.